The number of carbonyl (C=O) groups excluding carboxylic acids is 2. The molecule has 0 spiro atoms. The van der Waals surface area contributed by atoms with Crippen molar-refractivity contribution in [3.8, 4) is 0 Å². The topological polar surface area (TPSA) is 175 Å². The normalized spacial score (nSPS) is 18.7. The molecule has 8 atom stereocenters. The molecule has 6 N–H and O–H groups in total. The molecule has 1 rings (SSSR count). The third-order valence-corrected chi connectivity index (χ3v) is 17.0. The maximum absolute atomic E-state index is 13.5. The van der Waals surface area contributed by atoms with Crippen molar-refractivity contribution < 1.29 is 49.3 Å². The largest absolute Gasteiger partial charge is 0.454 e. The summed E-state index contributed by atoms with van der Waals surface area (Å²) >= 11 is 0. The highest BCUT2D eigenvalue weighted by molar-refractivity contribution is 5.80. The standard InChI is InChI=1S/C78H137NO10/c1-4-7-10-13-16-19-22-25-27-29-31-33-34-35-36-37-38-39-41-43-45-48-51-54-57-60-63-66-73(83)89-76-75(85)74(84)72(67-80)88-78(76)87-68-69(70(81)64-61-58-55-52-49-46-24-21-18-15-12-9-6-3)79-77(86)71(82)65-62-59-56-53-50-47-44-42-40-32-30-28-26-23-20-17-14-11-8-5-2/h16-17,19-20,25-28,31-33,35-36,40,61,64,69-72,74-76,78,80-82,84-85H,4-15,18,21-24,29-30,34,37-39,41-60,62-63,65-68H2,1-3H3,(H,79,86)/b19-16-,20-17-,27-25-,28-26-,33-31-,36-35-,40-32-,64-61+. The fourth-order valence-corrected chi connectivity index (χ4v) is 11.1. The third-order valence-electron chi connectivity index (χ3n) is 17.0. The van der Waals surface area contributed by atoms with Gasteiger partial charge in [0.25, 0.3) is 0 Å². The number of hydrogen-bond donors (Lipinski definition) is 6. The Labute approximate surface area is 546 Å². The highest BCUT2D eigenvalue weighted by Gasteiger charge is 2.47. The minimum atomic E-state index is -1.62. The van der Waals surface area contributed by atoms with E-state index in [1.807, 2.05) is 6.08 Å². The Balaban J connectivity index is 2.57. The minimum absolute atomic E-state index is 0.115. The van der Waals surface area contributed by atoms with Crippen LogP contribution in [-0.4, -0.2) is 99.6 Å². The average Bonchev–Trinajstić information content (AvgIpc) is 1.85. The highest BCUT2D eigenvalue weighted by atomic mass is 16.7. The molecule has 11 heteroatoms. The van der Waals surface area contributed by atoms with Gasteiger partial charge in [0.2, 0.25) is 5.91 Å². The number of aliphatic hydroxyl groups is 5. The number of hydrogen-bond acceptors (Lipinski definition) is 10. The summed E-state index contributed by atoms with van der Waals surface area (Å²) in [4.78, 5) is 26.7. The first kappa shape index (κ1) is 83.6. The lowest BCUT2D eigenvalue weighted by Gasteiger charge is -2.41. The van der Waals surface area contributed by atoms with Crippen LogP contribution in [0.15, 0.2) is 97.2 Å². The van der Waals surface area contributed by atoms with Crippen molar-refractivity contribution in [2.45, 2.75) is 372 Å². The van der Waals surface area contributed by atoms with Crippen LogP contribution in [0.3, 0.4) is 0 Å². The molecule has 0 radical (unpaired) electrons. The van der Waals surface area contributed by atoms with Gasteiger partial charge < -0.3 is 45.1 Å². The average molecular weight is 1250 g/mol. The number of allylic oxidation sites excluding steroid dienone is 15. The van der Waals surface area contributed by atoms with Crippen LogP contribution in [0.25, 0.3) is 0 Å². The van der Waals surface area contributed by atoms with Crippen molar-refractivity contribution in [1.82, 2.24) is 5.32 Å². The molecular weight excluding hydrogens is 1110 g/mol. The van der Waals surface area contributed by atoms with E-state index in [1.165, 1.54) is 167 Å². The first-order valence-electron chi connectivity index (χ1n) is 37.0. The van der Waals surface area contributed by atoms with Gasteiger partial charge in [-0.3, -0.25) is 9.59 Å². The van der Waals surface area contributed by atoms with Gasteiger partial charge in [-0.25, -0.2) is 0 Å². The second kappa shape index (κ2) is 64.7. The monoisotopic (exact) mass is 1250 g/mol. The molecule has 1 aliphatic heterocycles. The summed E-state index contributed by atoms with van der Waals surface area (Å²) in [5.74, 6) is -1.20. The van der Waals surface area contributed by atoms with Gasteiger partial charge in [0.1, 0.15) is 24.4 Å². The maximum atomic E-state index is 13.5. The van der Waals surface area contributed by atoms with E-state index in [1.54, 1.807) is 6.08 Å². The van der Waals surface area contributed by atoms with Crippen molar-refractivity contribution in [3.63, 3.8) is 0 Å². The van der Waals surface area contributed by atoms with Gasteiger partial charge in [0.05, 0.1) is 25.4 Å². The molecule has 0 aromatic carbocycles. The molecule has 1 saturated heterocycles. The van der Waals surface area contributed by atoms with Crippen LogP contribution in [0.1, 0.15) is 323 Å². The molecule has 8 unspecified atom stereocenters. The van der Waals surface area contributed by atoms with Gasteiger partial charge in [-0.05, 0) is 109 Å². The summed E-state index contributed by atoms with van der Waals surface area (Å²) in [6, 6.07) is -1.03. The van der Waals surface area contributed by atoms with E-state index >= 15 is 0 Å². The van der Waals surface area contributed by atoms with Gasteiger partial charge in [0.15, 0.2) is 12.4 Å². The van der Waals surface area contributed by atoms with Crippen molar-refractivity contribution >= 4 is 11.9 Å². The summed E-state index contributed by atoms with van der Waals surface area (Å²) < 4.78 is 17.7. The van der Waals surface area contributed by atoms with E-state index in [0.717, 1.165) is 109 Å². The fourth-order valence-electron chi connectivity index (χ4n) is 11.1. The Morgan fingerprint density at radius 3 is 1.18 bits per heavy atom. The van der Waals surface area contributed by atoms with E-state index in [-0.39, 0.29) is 19.4 Å². The number of ether oxygens (including phenoxy) is 3. The van der Waals surface area contributed by atoms with Crippen LogP contribution >= 0.6 is 0 Å². The Morgan fingerprint density at radius 2 is 0.775 bits per heavy atom. The quantitative estimate of drug-likeness (QED) is 0.0195. The van der Waals surface area contributed by atoms with Gasteiger partial charge in [-0.2, -0.15) is 0 Å². The van der Waals surface area contributed by atoms with Crippen molar-refractivity contribution in [2.24, 2.45) is 0 Å². The number of amides is 1. The second-order valence-electron chi connectivity index (χ2n) is 25.3. The zero-order valence-electron chi connectivity index (χ0n) is 57.3. The Morgan fingerprint density at radius 1 is 0.438 bits per heavy atom. The molecule has 514 valence electrons. The summed E-state index contributed by atoms with van der Waals surface area (Å²) in [5, 5.41) is 57.3. The lowest BCUT2D eigenvalue weighted by Crippen LogP contribution is -2.61. The number of aliphatic hydroxyl groups excluding tert-OH is 5. The smallest absolute Gasteiger partial charge is 0.306 e. The van der Waals surface area contributed by atoms with E-state index in [4.69, 9.17) is 14.2 Å². The molecule has 1 amide bonds. The number of rotatable bonds is 63. The molecule has 0 saturated carbocycles. The van der Waals surface area contributed by atoms with Crippen LogP contribution in [-0.2, 0) is 23.8 Å². The van der Waals surface area contributed by atoms with Gasteiger partial charge in [-0.1, -0.05) is 304 Å². The van der Waals surface area contributed by atoms with Crippen LogP contribution in [0, 0.1) is 0 Å². The first-order valence-corrected chi connectivity index (χ1v) is 37.0. The van der Waals surface area contributed by atoms with Gasteiger partial charge >= 0.3 is 5.97 Å². The molecule has 0 aromatic heterocycles. The molecule has 89 heavy (non-hydrogen) atoms. The van der Waals surface area contributed by atoms with E-state index in [9.17, 15) is 35.1 Å². The van der Waals surface area contributed by atoms with Crippen molar-refractivity contribution in [2.75, 3.05) is 13.2 Å². The fraction of sp³-hybridized carbons (Fsp3) is 0.769. The predicted molar refractivity (Wildman–Crippen MR) is 375 cm³/mol. The van der Waals surface area contributed by atoms with E-state index in [0.29, 0.717) is 12.8 Å². The number of unbranched alkanes of at least 4 members (excludes halogenated alkanes) is 35. The second-order valence-corrected chi connectivity index (χ2v) is 25.3. The zero-order chi connectivity index (χ0) is 64.6. The minimum Gasteiger partial charge on any atom is -0.454 e. The van der Waals surface area contributed by atoms with Gasteiger partial charge in [-0.15, -0.1) is 0 Å². The summed E-state index contributed by atoms with van der Waals surface area (Å²) in [6.45, 7) is 5.76. The van der Waals surface area contributed by atoms with Crippen molar-refractivity contribution in [1.29, 1.82) is 0 Å². The lowest BCUT2D eigenvalue weighted by molar-refractivity contribution is -0.305. The third kappa shape index (κ3) is 51.7. The molecule has 11 nitrogen and oxygen atoms in total. The number of nitrogens with one attached hydrogen (secondary N) is 1. The molecule has 1 heterocycles. The molecule has 1 aliphatic rings. The van der Waals surface area contributed by atoms with Crippen LogP contribution in [0.2, 0.25) is 0 Å². The molecule has 0 bridgehead atoms. The Kier molecular flexibility index (Phi) is 60.7. The first-order chi connectivity index (χ1) is 43.7. The SMILES string of the molecule is CCCCC/C=C\C/C=C\C/C=C\C/C=C\CCCCCCCCCCCCCC(=O)OC1C(OCC(NC(=O)C(O)CCCCCCCCC/C=C\C/C=C\C/C=C\CCCCC)C(O)/C=C/CCCCCCCCCCCCC)OC(CO)C(O)C1O. The summed E-state index contributed by atoms with van der Waals surface area (Å²) in [6.07, 6.45) is 77.2. The summed E-state index contributed by atoms with van der Waals surface area (Å²) in [5.41, 5.74) is 0. The molecule has 1 fully saturated rings. The Hall–Kier alpha value is -3.42. The van der Waals surface area contributed by atoms with Gasteiger partial charge in [0, 0.05) is 6.42 Å². The zero-order valence-corrected chi connectivity index (χ0v) is 57.3. The summed E-state index contributed by atoms with van der Waals surface area (Å²) in [7, 11) is 0. The molecular formula is C78H137NO10. The number of carbonyl (C=O) groups is 2. The Bertz CT molecular complexity index is 1820. The van der Waals surface area contributed by atoms with Crippen molar-refractivity contribution in [3.05, 3.63) is 97.2 Å². The molecule has 0 aliphatic carbocycles. The van der Waals surface area contributed by atoms with Crippen LogP contribution < -0.4 is 5.32 Å². The highest BCUT2D eigenvalue weighted by Crippen LogP contribution is 2.26. The van der Waals surface area contributed by atoms with E-state index in [2.05, 4.69) is 111 Å². The van der Waals surface area contributed by atoms with Crippen LogP contribution in [0.5, 0.6) is 0 Å². The molecule has 0 aromatic rings. The van der Waals surface area contributed by atoms with E-state index < -0.39 is 67.4 Å². The lowest BCUT2D eigenvalue weighted by atomic mass is 9.99. The number of esters is 1. The predicted octanol–water partition coefficient (Wildman–Crippen LogP) is 19.4. The van der Waals surface area contributed by atoms with Crippen LogP contribution in [0.4, 0.5) is 0 Å². The maximum Gasteiger partial charge on any atom is 0.306 e.